The molecule has 0 unspecified atom stereocenters. The van der Waals surface area contributed by atoms with E-state index in [-0.39, 0.29) is 0 Å². The topological polar surface area (TPSA) is 26.0 Å². The van der Waals surface area contributed by atoms with Crippen molar-refractivity contribution in [1.82, 2.24) is 0 Å². The molecule has 2 aliphatic rings. The van der Waals surface area contributed by atoms with Gasteiger partial charge in [0.15, 0.2) is 0 Å². The first-order valence-corrected chi connectivity index (χ1v) is 5.83. The van der Waals surface area contributed by atoms with E-state index in [1.165, 1.54) is 0 Å². The fourth-order valence-electron chi connectivity index (χ4n) is 1.24. The summed E-state index contributed by atoms with van der Waals surface area (Å²) in [6, 6.07) is 9.49. The van der Waals surface area contributed by atoms with Crippen molar-refractivity contribution >= 4 is 5.69 Å². The van der Waals surface area contributed by atoms with Crippen LogP contribution in [0.15, 0.2) is 78.9 Å². The van der Waals surface area contributed by atoms with E-state index < -0.39 is 0 Å². The van der Waals surface area contributed by atoms with Crippen molar-refractivity contribution < 1.29 is 0 Å². The molecule has 2 aliphatic carbocycles. The molecule has 3 rings (SSSR count). The SMILES string of the molecule is C1=CCC=C1.C1=CCC=C1.Nc1ccccc1. The van der Waals surface area contributed by atoms with Crippen LogP contribution in [0.4, 0.5) is 5.69 Å². The summed E-state index contributed by atoms with van der Waals surface area (Å²) in [7, 11) is 0. The third-order valence-corrected chi connectivity index (χ3v) is 2.11. The van der Waals surface area contributed by atoms with E-state index >= 15 is 0 Å². The third-order valence-electron chi connectivity index (χ3n) is 2.11. The summed E-state index contributed by atoms with van der Waals surface area (Å²) < 4.78 is 0. The van der Waals surface area contributed by atoms with Crippen molar-refractivity contribution in [3.8, 4) is 0 Å². The molecule has 17 heavy (non-hydrogen) atoms. The standard InChI is InChI=1S/C6H7N.2C5H6/c7-6-4-2-1-3-5-6;2*1-2-4-5-3-1/h1-5H,7H2;2*1-4H,5H2. The highest BCUT2D eigenvalue weighted by molar-refractivity contribution is 5.35. The lowest BCUT2D eigenvalue weighted by Gasteiger charge is -1.83. The summed E-state index contributed by atoms with van der Waals surface area (Å²) in [6.45, 7) is 0. The van der Waals surface area contributed by atoms with E-state index in [1.54, 1.807) is 0 Å². The van der Waals surface area contributed by atoms with Crippen LogP contribution in [0.1, 0.15) is 12.8 Å². The van der Waals surface area contributed by atoms with Gasteiger partial charge in [-0.25, -0.2) is 0 Å². The van der Waals surface area contributed by atoms with Gasteiger partial charge in [-0.1, -0.05) is 66.8 Å². The molecule has 0 aliphatic heterocycles. The number of anilines is 1. The minimum absolute atomic E-state index is 0.822. The number of nitrogens with two attached hydrogens (primary N) is 1. The molecule has 0 saturated carbocycles. The fourth-order valence-corrected chi connectivity index (χ4v) is 1.24. The molecule has 0 heterocycles. The van der Waals surface area contributed by atoms with Crippen molar-refractivity contribution in [2.75, 3.05) is 5.73 Å². The average molecular weight is 225 g/mol. The van der Waals surface area contributed by atoms with Crippen molar-refractivity contribution in [3.63, 3.8) is 0 Å². The number of rotatable bonds is 0. The quantitative estimate of drug-likeness (QED) is 0.655. The van der Waals surface area contributed by atoms with E-state index in [9.17, 15) is 0 Å². The summed E-state index contributed by atoms with van der Waals surface area (Å²) in [5.41, 5.74) is 6.18. The molecule has 0 atom stereocenters. The Kier molecular flexibility index (Phi) is 7.08. The van der Waals surface area contributed by atoms with Crippen LogP contribution in [-0.2, 0) is 0 Å². The normalized spacial score (nSPS) is 13.9. The van der Waals surface area contributed by atoms with E-state index in [4.69, 9.17) is 5.73 Å². The van der Waals surface area contributed by atoms with Gasteiger partial charge in [0.25, 0.3) is 0 Å². The van der Waals surface area contributed by atoms with E-state index in [2.05, 4.69) is 48.6 Å². The maximum Gasteiger partial charge on any atom is 0.0313 e. The average Bonchev–Trinajstić information content (AvgIpc) is 3.09. The second-order valence-electron chi connectivity index (χ2n) is 3.59. The maximum atomic E-state index is 5.36. The van der Waals surface area contributed by atoms with Gasteiger partial charge < -0.3 is 5.73 Å². The number of benzene rings is 1. The van der Waals surface area contributed by atoms with Gasteiger partial charge in [-0.15, -0.1) is 0 Å². The largest absolute Gasteiger partial charge is 0.399 e. The smallest absolute Gasteiger partial charge is 0.0313 e. The summed E-state index contributed by atoms with van der Waals surface area (Å²) in [5, 5.41) is 0. The van der Waals surface area contributed by atoms with Gasteiger partial charge in [-0.2, -0.15) is 0 Å². The minimum Gasteiger partial charge on any atom is -0.399 e. The molecule has 0 spiro atoms. The molecule has 88 valence electrons. The van der Waals surface area contributed by atoms with Gasteiger partial charge >= 0.3 is 0 Å². The lowest BCUT2D eigenvalue weighted by Crippen LogP contribution is -1.79. The Morgan fingerprint density at radius 3 is 1.24 bits per heavy atom. The van der Waals surface area contributed by atoms with Gasteiger partial charge in [0.1, 0.15) is 0 Å². The highest BCUT2D eigenvalue weighted by atomic mass is 14.5. The molecule has 1 aromatic carbocycles. The predicted octanol–water partition coefficient (Wildman–Crippen LogP) is 4.27. The van der Waals surface area contributed by atoms with E-state index in [0.29, 0.717) is 0 Å². The van der Waals surface area contributed by atoms with Crippen molar-refractivity contribution in [1.29, 1.82) is 0 Å². The summed E-state index contributed by atoms with van der Waals surface area (Å²) in [4.78, 5) is 0. The van der Waals surface area contributed by atoms with Gasteiger partial charge in [0, 0.05) is 5.69 Å². The second-order valence-corrected chi connectivity index (χ2v) is 3.59. The zero-order valence-corrected chi connectivity index (χ0v) is 10.00. The molecule has 1 nitrogen and oxygen atoms in total. The Morgan fingerprint density at radius 2 is 1.06 bits per heavy atom. The number of allylic oxidation sites excluding steroid dienone is 8. The summed E-state index contributed by atoms with van der Waals surface area (Å²) in [6.07, 6.45) is 19.0. The van der Waals surface area contributed by atoms with Crippen LogP contribution in [0.3, 0.4) is 0 Å². The van der Waals surface area contributed by atoms with Gasteiger partial charge in [0.2, 0.25) is 0 Å². The van der Waals surface area contributed by atoms with Gasteiger partial charge in [0.05, 0.1) is 0 Å². The Morgan fingerprint density at radius 1 is 0.647 bits per heavy atom. The zero-order chi connectivity index (χ0) is 12.2. The molecule has 0 saturated heterocycles. The Balaban J connectivity index is 0.000000130. The molecular weight excluding hydrogens is 206 g/mol. The molecule has 1 heteroatoms. The van der Waals surface area contributed by atoms with Crippen LogP contribution in [0, 0.1) is 0 Å². The highest BCUT2D eigenvalue weighted by Crippen LogP contribution is 1.96. The van der Waals surface area contributed by atoms with Crippen LogP contribution in [-0.4, -0.2) is 0 Å². The Bertz CT molecular complexity index is 355. The molecule has 0 bridgehead atoms. The molecule has 0 radical (unpaired) electrons. The first kappa shape index (κ1) is 13.0. The first-order valence-electron chi connectivity index (χ1n) is 5.83. The zero-order valence-electron chi connectivity index (χ0n) is 10.00. The molecule has 0 amide bonds. The highest BCUT2D eigenvalue weighted by Gasteiger charge is 1.73. The van der Waals surface area contributed by atoms with Crippen LogP contribution < -0.4 is 5.73 Å². The number of nitrogen functional groups attached to an aromatic ring is 1. The van der Waals surface area contributed by atoms with Crippen LogP contribution in [0.5, 0.6) is 0 Å². The van der Waals surface area contributed by atoms with E-state index in [0.717, 1.165) is 18.5 Å². The number of para-hydroxylation sites is 1. The van der Waals surface area contributed by atoms with E-state index in [1.807, 2.05) is 30.3 Å². The lowest BCUT2D eigenvalue weighted by molar-refractivity contribution is 1.45. The summed E-state index contributed by atoms with van der Waals surface area (Å²) in [5.74, 6) is 0. The fraction of sp³-hybridized carbons (Fsp3) is 0.125. The predicted molar refractivity (Wildman–Crippen MR) is 76.6 cm³/mol. The number of hydrogen-bond donors (Lipinski definition) is 1. The monoisotopic (exact) mass is 225 g/mol. The Hall–Kier alpha value is -2.02. The third kappa shape index (κ3) is 7.86. The van der Waals surface area contributed by atoms with Gasteiger partial charge in [-0.05, 0) is 25.0 Å². The van der Waals surface area contributed by atoms with Crippen molar-refractivity contribution in [3.05, 3.63) is 78.9 Å². The van der Waals surface area contributed by atoms with Gasteiger partial charge in [-0.3, -0.25) is 0 Å². The van der Waals surface area contributed by atoms with Crippen LogP contribution >= 0.6 is 0 Å². The molecule has 1 aromatic rings. The van der Waals surface area contributed by atoms with Crippen molar-refractivity contribution in [2.45, 2.75) is 12.8 Å². The second kappa shape index (κ2) is 9.22. The first-order chi connectivity index (χ1) is 8.39. The minimum atomic E-state index is 0.822. The Labute approximate surface area is 104 Å². The van der Waals surface area contributed by atoms with Crippen LogP contribution in [0.2, 0.25) is 0 Å². The molecule has 0 fully saturated rings. The lowest BCUT2D eigenvalue weighted by atomic mass is 10.3. The summed E-state index contributed by atoms with van der Waals surface area (Å²) >= 11 is 0. The molecule has 2 N–H and O–H groups in total. The maximum absolute atomic E-state index is 5.36. The number of hydrogen-bond acceptors (Lipinski definition) is 1. The van der Waals surface area contributed by atoms with Crippen LogP contribution in [0.25, 0.3) is 0 Å². The molecule has 0 aromatic heterocycles. The molecular formula is C16H19N. The van der Waals surface area contributed by atoms with Crippen molar-refractivity contribution in [2.24, 2.45) is 0 Å².